The van der Waals surface area contributed by atoms with Crippen LogP contribution in [0.3, 0.4) is 0 Å². The van der Waals surface area contributed by atoms with Crippen molar-refractivity contribution < 1.29 is 9.72 Å². The number of likely N-dealkylation sites (N-methyl/N-ethyl adjacent to an activating group) is 1. The molecule has 2 saturated heterocycles. The molecule has 0 aliphatic carbocycles. The Bertz CT molecular complexity index is 617. The van der Waals surface area contributed by atoms with E-state index < -0.39 is 4.92 Å². The molecule has 1 aromatic rings. The number of carbonyl (C=O) groups is 1. The van der Waals surface area contributed by atoms with Crippen molar-refractivity contribution in [1.82, 2.24) is 14.7 Å². The molecule has 0 unspecified atom stereocenters. The van der Waals surface area contributed by atoms with Gasteiger partial charge in [-0.05, 0) is 37.7 Å². The van der Waals surface area contributed by atoms with E-state index in [1.807, 2.05) is 4.90 Å². The maximum Gasteiger partial charge on any atom is 0.269 e. The van der Waals surface area contributed by atoms with Crippen molar-refractivity contribution in [2.45, 2.75) is 11.8 Å². The topological polar surface area (TPSA) is 69.9 Å². The van der Waals surface area contributed by atoms with Crippen molar-refractivity contribution in [2.24, 2.45) is 0 Å². The highest BCUT2D eigenvalue weighted by Crippen LogP contribution is 2.39. The van der Waals surface area contributed by atoms with Crippen LogP contribution in [0.25, 0.3) is 0 Å². The Morgan fingerprint density at radius 2 is 1.84 bits per heavy atom. The smallest absolute Gasteiger partial charge is 0.269 e. The summed E-state index contributed by atoms with van der Waals surface area (Å²) in [6, 6.07) is 6.56. The maximum absolute atomic E-state index is 12.2. The zero-order valence-corrected chi connectivity index (χ0v) is 15.3. The first-order valence-corrected chi connectivity index (χ1v) is 9.66. The molecule has 1 atom stereocenters. The van der Waals surface area contributed by atoms with Crippen molar-refractivity contribution in [3.05, 3.63) is 39.9 Å². The lowest BCUT2D eigenvalue weighted by Gasteiger charge is -2.33. The van der Waals surface area contributed by atoms with Gasteiger partial charge in [0.05, 0.1) is 10.7 Å². The number of carbonyl (C=O) groups excluding carboxylic acids is 1. The Balaban J connectivity index is 1.55. The summed E-state index contributed by atoms with van der Waals surface area (Å²) in [6.45, 7) is 6.12. The second-order valence-electron chi connectivity index (χ2n) is 6.60. The first-order chi connectivity index (χ1) is 12.0. The summed E-state index contributed by atoms with van der Waals surface area (Å²) >= 11 is 1.60. The summed E-state index contributed by atoms with van der Waals surface area (Å²) in [4.78, 5) is 29.3. The van der Waals surface area contributed by atoms with E-state index in [1.54, 1.807) is 23.9 Å². The quantitative estimate of drug-likeness (QED) is 0.566. The molecule has 2 heterocycles. The average Bonchev–Trinajstić information content (AvgIpc) is 2.98. The highest BCUT2D eigenvalue weighted by Gasteiger charge is 2.32. The second kappa shape index (κ2) is 8.16. The summed E-state index contributed by atoms with van der Waals surface area (Å²) in [5.41, 5.74) is 1.04. The van der Waals surface area contributed by atoms with Crippen LogP contribution in [0, 0.1) is 10.1 Å². The van der Waals surface area contributed by atoms with Gasteiger partial charge in [0.1, 0.15) is 5.37 Å². The third kappa shape index (κ3) is 4.50. The molecule has 0 saturated carbocycles. The molecule has 2 aliphatic heterocycles. The predicted octanol–water partition coefficient (Wildman–Crippen LogP) is 1.81. The van der Waals surface area contributed by atoms with Crippen LogP contribution in [-0.2, 0) is 4.79 Å². The van der Waals surface area contributed by atoms with Crippen molar-refractivity contribution in [3.8, 4) is 0 Å². The van der Waals surface area contributed by atoms with Crippen LogP contribution >= 0.6 is 11.8 Å². The van der Waals surface area contributed by atoms with E-state index in [-0.39, 0.29) is 17.0 Å². The number of benzene rings is 1. The Hall–Kier alpha value is -1.64. The number of amides is 1. The predicted molar refractivity (Wildman–Crippen MR) is 98.6 cm³/mol. The molecule has 8 heteroatoms. The number of piperazine rings is 1. The van der Waals surface area contributed by atoms with E-state index >= 15 is 0 Å². The number of hydrogen-bond donors (Lipinski definition) is 0. The zero-order chi connectivity index (χ0) is 17.8. The van der Waals surface area contributed by atoms with Gasteiger partial charge in [-0.1, -0.05) is 0 Å². The fourth-order valence-electron chi connectivity index (χ4n) is 3.27. The van der Waals surface area contributed by atoms with Gasteiger partial charge in [0.2, 0.25) is 5.91 Å². The third-order valence-corrected chi connectivity index (χ3v) is 6.08. The lowest BCUT2D eigenvalue weighted by Crippen LogP contribution is -2.45. The van der Waals surface area contributed by atoms with Gasteiger partial charge in [-0.15, -0.1) is 11.8 Å². The first-order valence-electron chi connectivity index (χ1n) is 8.61. The molecule has 1 amide bonds. The van der Waals surface area contributed by atoms with Crippen LogP contribution in [0.4, 0.5) is 5.69 Å². The number of non-ortho nitro benzene ring substituents is 1. The number of nitro groups is 1. The number of rotatable bonds is 6. The fourth-order valence-corrected chi connectivity index (χ4v) is 4.49. The Kier molecular flexibility index (Phi) is 5.93. The average molecular weight is 364 g/mol. The number of thioether (sulfide) groups is 1. The Labute approximate surface area is 152 Å². The lowest BCUT2D eigenvalue weighted by molar-refractivity contribution is -0.384. The summed E-state index contributed by atoms with van der Waals surface area (Å²) in [5, 5.41) is 10.8. The van der Waals surface area contributed by atoms with E-state index in [0.29, 0.717) is 5.75 Å². The van der Waals surface area contributed by atoms with Gasteiger partial charge in [-0.3, -0.25) is 14.9 Å². The molecular weight excluding hydrogens is 340 g/mol. The second-order valence-corrected chi connectivity index (χ2v) is 7.67. The van der Waals surface area contributed by atoms with Gasteiger partial charge in [-0.25, -0.2) is 0 Å². The molecule has 0 radical (unpaired) electrons. The molecule has 1 aromatic carbocycles. The molecule has 0 spiro atoms. The van der Waals surface area contributed by atoms with Gasteiger partial charge in [0.15, 0.2) is 0 Å². The van der Waals surface area contributed by atoms with E-state index in [4.69, 9.17) is 0 Å². The van der Waals surface area contributed by atoms with E-state index in [1.165, 1.54) is 12.1 Å². The lowest BCUT2D eigenvalue weighted by atomic mass is 10.2. The van der Waals surface area contributed by atoms with Crippen LogP contribution in [0.15, 0.2) is 24.3 Å². The van der Waals surface area contributed by atoms with Crippen LogP contribution in [0.5, 0.6) is 0 Å². The number of nitrogens with zero attached hydrogens (tertiary/aromatic N) is 4. The van der Waals surface area contributed by atoms with Crippen LogP contribution in [-0.4, -0.2) is 77.6 Å². The van der Waals surface area contributed by atoms with Crippen molar-refractivity contribution in [2.75, 3.05) is 52.1 Å². The molecule has 3 rings (SSSR count). The standard InChI is InChI=1S/C17H24N4O3S/c1-18-9-11-19(12-10-18)7-2-8-20-16(22)13-25-17(20)14-3-5-15(6-4-14)21(23)24/h3-6,17H,2,7-13H2,1H3/t17-/m1/s1. The Morgan fingerprint density at radius 3 is 2.48 bits per heavy atom. The van der Waals surface area contributed by atoms with Crippen molar-refractivity contribution in [3.63, 3.8) is 0 Å². The zero-order valence-electron chi connectivity index (χ0n) is 14.5. The fraction of sp³-hybridized carbons (Fsp3) is 0.588. The highest BCUT2D eigenvalue weighted by molar-refractivity contribution is 8.00. The minimum absolute atomic E-state index is 0.0270. The monoisotopic (exact) mass is 364 g/mol. The molecule has 2 fully saturated rings. The molecular formula is C17H24N4O3S. The number of nitro benzene ring substituents is 1. The number of hydrogen-bond acceptors (Lipinski definition) is 6. The Morgan fingerprint density at radius 1 is 1.16 bits per heavy atom. The molecule has 7 nitrogen and oxygen atoms in total. The van der Waals surface area contributed by atoms with Crippen molar-refractivity contribution >= 4 is 23.4 Å². The summed E-state index contributed by atoms with van der Waals surface area (Å²) in [6.07, 6.45) is 0.958. The van der Waals surface area contributed by atoms with Crippen LogP contribution in [0.1, 0.15) is 17.4 Å². The largest absolute Gasteiger partial charge is 0.326 e. The van der Waals surface area contributed by atoms with Gasteiger partial charge < -0.3 is 14.7 Å². The normalized spacial score (nSPS) is 22.5. The molecule has 136 valence electrons. The minimum atomic E-state index is -0.398. The van der Waals surface area contributed by atoms with E-state index in [0.717, 1.165) is 51.3 Å². The van der Waals surface area contributed by atoms with E-state index in [2.05, 4.69) is 16.8 Å². The van der Waals surface area contributed by atoms with Gasteiger partial charge >= 0.3 is 0 Å². The summed E-state index contributed by atoms with van der Waals surface area (Å²) in [5.74, 6) is 0.641. The molecule has 25 heavy (non-hydrogen) atoms. The molecule has 0 bridgehead atoms. The molecule has 2 aliphatic rings. The van der Waals surface area contributed by atoms with Gasteiger partial charge in [0.25, 0.3) is 5.69 Å². The minimum Gasteiger partial charge on any atom is -0.326 e. The van der Waals surface area contributed by atoms with E-state index in [9.17, 15) is 14.9 Å². The maximum atomic E-state index is 12.2. The van der Waals surface area contributed by atoms with Crippen LogP contribution in [0.2, 0.25) is 0 Å². The summed E-state index contributed by atoms with van der Waals surface area (Å²) < 4.78 is 0. The van der Waals surface area contributed by atoms with Gasteiger partial charge in [-0.2, -0.15) is 0 Å². The molecule has 0 aromatic heterocycles. The highest BCUT2D eigenvalue weighted by atomic mass is 32.2. The SMILES string of the molecule is CN1CCN(CCCN2C(=O)CS[C@@H]2c2ccc([N+](=O)[O-])cc2)CC1. The van der Waals surface area contributed by atoms with Crippen molar-refractivity contribution in [1.29, 1.82) is 0 Å². The first kappa shape index (κ1) is 18.2. The third-order valence-electron chi connectivity index (χ3n) is 4.83. The van der Waals surface area contributed by atoms with Gasteiger partial charge in [0, 0.05) is 44.9 Å². The van der Waals surface area contributed by atoms with Crippen LogP contribution < -0.4 is 0 Å². The molecule has 0 N–H and O–H groups in total. The summed E-state index contributed by atoms with van der Waals surface area (Å²) in [7, 11) is 2.15.